The Morgan fingerprint density at radius 3 is 2.55 bits per heavy atom. The van der Waals surface area contributed by atoms with Gasteiger partial charge in [0.05, 0.1) is 16.7 Å². The van der Waals surface area contributed by atoms with Crippen LogP contribution < -0.4 is 14.8 Å². The van der Waals surface area contributed by atoms with Crippen molar-refractivity contribution in [1.82, 2.24) is 19.7 Å². The Balaban J connectivity index is 1.33. The molecule has 2 aliphatic heterocycles. The number of amides is 1. The number of esters is 1. The number of nitrogens with zero attached hydrogens (tertiary/aromatic N) is 4. The molecule has 6 rings (SSSR count). The molecule has 1 saturated heterocycles. The number of nitrogens with one attached hydrogen (secondary N) is 1. The third-order valence-corrected chi connectivity index (χ3v) is 10.1. The lowest BCUT2D eigenvalue weighted by atomic mass is 9.95. The number of ether oxygens (including phenoxy) is 3. The van der Waals surface area contributed by atoms with E-state index < -0.39 is 12.0 Å². The number of allylic oxidation sites excluding steroid dienone is 1. The third kappa shape index (κ3) is 8.25. The number of aromatic nitrogens is 3. The van der Waals surface area contributed by atoms with Crippen molar-refractivity contribution in [2.75, 3.05) is 31.6 Å². The van der Waals surface area contributed by atoms with Gasteiger partial charge in [-0.25, -0.2) is 9.48 Å². The van der Waals surface area contributed by atoms with Crippen LogP contribution in [0.25, 0.3) is 0 Å². The number of likely N-dealkylation sites (tertiary alicyclic amines) is 1. The second kappa shape index (κ2) is 16.1. The van der Waals surface area contributed by atoms with Crippen LogP contribution >= 0.6 is 39.3 Å². The maximum Gasteiger partial charge on any atom is 0.338 e. The van der Waals surface area contributed by atoms with Crippen LogP contribution in [0.4, 0.5) is 5.95 Å². The summed E-state index contributed by atoms with van der Waals surface area (Å²) in [6.45, 7) is 5.54. The Labute approximate surface area is 303 Å². The number of anilines is 1. The summed E-state index contributed by atoms with van der Waals surface area (Å²) in [5.74, 6) is 1.33. The van der Waals surface area contributed by atoms with E-state index >= 15 is 0 Å². The van der Waals surface area contributed by atoms with Crippen molar-refractivity contribution < 1.29 is 23.8 Å². The first-order valence-corrected chi connectivity index (χ1v) is 18.4. The summed E-state index contributed by atoms with van der Waals surface area (Å²) in [4.78, 5) is 33.5. The minimum absolute atomic E-state index is 0.0624. The van der Waals surface area contributed by atoms with E-state index in [0.29, 0.717) is 61.3 Å². The number of benzene rings is 3. The first kappa shape index (κ1) is 34.8. The van der Waals surface area contributed by atoms with Crippen molar-refractivity contribution in [2.45, 2.75) is 56.7 Å². The van der Waals surface area contributed by atoms with E-state index in [1.165, 1.54) is 11.8 Å². The Morgan fingerprint density at radius 1 is 1.04 bits per heavy atom. The first-order chi connectivity index (χ1) is 23.8. The van der Waals surface area contributed by atoms with Crippen molar-refractivity contribution in [3.63, 3.8) is 0 Å². The number of hydrogen-bond acceptors (Lipinski definition) is 9. The van der Waals surface area contributed by atoms with E-state index in [2.05, 4.69) is 21.2 Å². The lowest BCUT2D eigenvalue weighted by Gasteiger charge is -2.29. The highest BCUT2D eigenvalue weighted by atomic mass is 79.9. The van der Waals surface area contributed by atoms with E-state index in [-0.39, 0.29) is 19.1 Å². The highest BCUT2D eigenvalue weighted by molar-refractivity contribution is 9.10. The van der Waals surface area contributed by atoms with Gasteiger partial charge in [0.15, 0.2) is 18.1 Å². The Bertz CT molecular complexity index is 1850. The SMILES string of the molecule is CCOc1cc(C2C(C(=O)OCc3ccccc3)=C(C)Nc3nc(SCc4ccccc4Cl)nn32)cc(Br)c1OCC(=O)N1CCCCC1. The average Bonchev–Trinajstić information content (AvgIpc) is 3.52. The summed E-state index contributed by atoms with van der Waals surface area (Å²) in [7, 11) is 0. The standard InChI is InChI=1S/C36H37BrClN5O5S/c1-3-46-29-19-26(18-27(37)33(29)47-21-30(44)42-16-10-5-11-17-42)32-31(34(45)48-20-24-12-6-4-7-13-24)23(2)39-35-40-36(41-43(32)35)49-22-25-14-8-9-15-28(25)38/h4,6-9,12-15,18-19,32H,3,5,10-11,16-17,20-22H2,1-2H3,(H,39,40,41). The molecular weight excluding hydrogens is 730 g/mol. The van der Waals surface area contributed by atoms with Crippen LogP contribution in [0, 0.1) is 0 Å². The summed E-state index contributed by atoms with van der Waals surface area (Å²) in [6, 6.07) is 20.1. The number of rotatable bonds is 12. The zero-order valence-corrected chi connectivity index (χ0v) is 30.4. The number of thioether (sulfide) groups is 1. The lowest BCUT2D eigenvalue weighted by molar-refractivity contribution is -0.141. The van der Waals surface area contributed by atoms with Crippen LogP contribution in [0.2, 0.25) is 5.02 Å². The van der Waals surface area contributed by atoms with Crippen molar-refractivity contribution in [3.05, 3.63) is 104 Å². The second-order valence-electron chi connectivity index (χ2n) is 11.7. The zero-order chi connectivity index (χ0) is 34.3. The fourth-order valence-electron chi connectivity index (χ4n) is 5.84. The molecule has 1 amide bonds. The lowest BCUT2D eigenvalue weighted by Crippen LogP contribution is -2.38. The fourth-order valence-corrected chi connectivity index (χ4v) is 7.53. The van der Waals surface area contributed by atoms with Gasteiger partial charge in [0.25, 0.3) is 5.91 Å². The van der Waals surface area contributed by atoms with Gasteiger partial charge in [0, 0.05) is 29.6 Å². The smallest absolute Gasteiger partial charge is 0.338 e. The molecule has 0 radical (unpaired) electrons. The summed E-state index contributed by atoms with van der Waals surface area (Å²) in [6.07, 6.45) is 3.13. The summed E-state index contributed by atoms with van der Waals surface area (Å²) in [5, 5.41) is 9.31. The number of piperidine rings is 1. The molecule has 13 heteroatoms. The van der Waals surface area contributed by atoms with E-state index in [0.717, 1.165) is 43.5 Å². The zero-order valence-electron chi connectivity index (χ0n) is 27.3. The van der Waals surface area contributed by atoms with Crippen molar-refractivity contribution in [2.24, 2.45) is 0 Å². The molecule has 0 saturated carbocycles. The minimum Gasteiger partial charge on any atom is -0.490 e. The van der Waals surface area contributed by atoms with E-state index in [1.807, 2.05) is 85.5 Å². The minimum atomic E-state index is -0.721. The van der Waals surface area contributed by atoms with Crippen molar-refractivity contribution in [1.29, 1.82) is 0 Å². The van der Waals surface area contributed by atoms with Crippen LogP contribution in [-0.2, 0) is 26.7 Å². The van der Waals surface area contributed by atoms with Crippen molar-refractivity contribution >= 4 is 57.1 Å². The van der Waals surface area contributed by atoms with Crippen LogP contribution in [0.3, 0.4) is 0 Å². The van der Waals surface area contributed by atoms with E-state index in [1.54, 1.807) is 4.68 Å². The van der Waals surface area contributed by atoms with Crippen LogP contribution in [0.15, 0.2) is 87.6 Å². The molecule has 1 fully saturated rings. The van der Waals surface area contributed by atoms with Crippen LogP contribution in [0.1, 0.15) is 55.8 Å². The van der Waals surface area contributed by atoms with Gasteiger partial charge in [-0.3, -0.25) is 4.79 Å². The van der Waals surface area contributed by atoms with Crippen LogP contribution in [0.5, 0.6) is 11.5 Å². The van der Waals surface area contributed by atoms with Gasteiger partial charge in [-0.15, -0.1) is 5.10 Å². The molecule has 3 heterocycles. The number of hydrogen-bond donors (Lipinski definition) is 1. The molecule has 49 heavy (non-hydrogen) atoms. The monoisotopic (exact) mass is 765 g/mol. The Hall–Kier alpha value is -4.00. The maximum absolute atomic E-state index is 13.9. The van der Waals surface area contributed by atoms with Gasteiger partial charge in [-0.1, -0.05) is 71.9 Å². The highest BCUT2D eigenvalue weighted by Crippen LogP contribution is 2.44. The molecule has 1 atom stereocenters. The molecule has 10 nitrogen and oxygen atoms in total. The topological polar surface area (TPSA) is 108 Å². The number of halogens is 2. The molecular formula is C36H37BrClN5O5S. The largest absolute Gasteiger partial charge is 0.490 e. The van der Waals surface area contributed by atoms with Gasteiger partial charge in [0.2, 0.25) is 11.1 Å². The fraction of sp³-hybridized carbons (Fsp3) is 0.333. The summed E-state index contributed by atoms with van der Waals surface area (Å²) >= 11 is 11.5. The first-order valence-electron chi connectivity index (χ1n) is 16.2. The molecule has 3 aromatic carbocycles. The Kier molecular flexibility index (Phi) is 11.5. The van der Waals surface area contributed by atoms with Gasteiger partial charge < -0.3 is 24.4 Å². The second-order valence-corrected chi connectivity index (χ2v) is 13.9. The molecule has 0 aliphatic carbocycles. The molecule has 1 aromatic heterocycles. The van der Waals surface area contributed by atoms with E-state index in [4.69, 9.17) is 35.9 Å². The van der Waals surface area contributed by atoms with Gasteiger partial charge >= 0.3 is 5.97 Å². The number of fused-ring (bicyclic) bond motifs is 1. The molecule has 4 aromatic rings. The maximum atomic E-state index is 13.9. The van der Waals surface area contributed by atoms with Gasteiger partial charge in [-0.05, 0) is 83.9 Å². The van der Waals surface area contributed by atoms with Crippen LogP contribution in [-0.4, -0.2) is 57.8 Å². The normalized spacial score (nSPS) is 15.8. The number of carbonyl (C=O) groups excluding carboxylic acids is 2. The average molecular weight is 767 g/mol. The molecule has 1 N–H and O–H groups in total. The van der Waals surface area contributed by atoms with E-state index in [9.17, 15) is 9.59 Å². The summed E-state index contributed by atoms with van der Waals surface area (Å²) < 4.78 is 20.3. The van der Waals surface area contributed by atoms with Gasteiger partial charge in [-0.2, -0.15) is 4.98 Å². The predicted molar refractivity (Wildman–Crippen MR) is 193 cm³/mol. The third-order valence-electron chi connectivity index (χ3n) is 8.28. The predicted octanol–water partition coefficient (Wildman–Crippen LogP) is 7.81. The molecule has 256 valence electrons. The Morgan fingerprint density at radius 2 is 1.80 bits per heavy atom. The quantitative estimate of drug-likeness (QED) is 0.114. The summed E-state index contributed by atoms with van der Waals surface area (Å²) in [5.41, 5.74) is 3.49. The molecule has 1 unspecified atom stereocenters. The molecule has 0 bridgehead atoms. The molecule has 2 aliphatic rings. The van der Waals surface area contributed by atoms with Crippen molar-refractivity contribution in [3.8, 4) is 11.5 Å². The number of carbonyl (C=O) groups is 2. The highest BCUT2D eigenvalue weighted by Gasteiger charge is 2.36. The van der Waals surface area contributed by atoms with Gasteiger partial charge in [0.1, 0.15) is 12.6 Å². The molecule has 0 spiro atoms.